The normalized spacial score (nSPS) is 11.6. The van der Waals surface area contributed by atoms with Crippen molar-refractivity contribution in [2.24, 2.45) is 0 Å². The summed E-state index contributed by atoms with van der Waals surface area (Å²) in [4.78, 5) is 17.2. The number of imidazole rings is 1. The molecule has 6 aromatic rings. The highest BCUT2D eigenvalue weighted by Gasteiger charge is 2.16. The monoisotopic (exact) mass is 473 g/mol. The van der Waals surface area contributed by atoms with Gasteiger partial charge in [0, 0.05) is 41.4 Å². The summed E-state index contributed by atoms with van der Waals surface area (Å²) < 4.78 is 0. The first kappa shape index (κ1) is 22.0. The highest BCUT2D eigenvalue weighted by molar-refractivity contribution is 5.97. The number of aromatic amines is 2. The molecule has 0 saturated carbocycles. The van der Waals surface area contributed by atoms with Crippen LogP contribution in [0.15, 0.2) is 73.2 Å². The van der Waals surface area contributed by atoms with Crippen molar-refractivity contribution >= 4 is 27.8 Å². The first-order chi connectivity index (χ1) is 17.6. The van der Waals surface area contributed by atoms with Gasteiger partial charge in [0.1, 0.15) is 5.69 Å². The molecule has 3 N–H and O–H groups in total. The topological polar surface area (TPSA) is 95.2 Å². The minimum atomic E-state index is 0.358. The van der Waals surface area contributed by atoms with Crippen LogP contribution in [0.1, 0.15) is 26.3 Å². The predicted octanol–water partition coefficient (Wildman–Crippen LogP) is 6.61. The summed E-state index contributed by atoms with van der Waals surface area (Å²) in [6, 6.07) is 19.3. The van der Waals surface area contributed by atoms with Crippen molar-refractivity contribution in [2.75, 3.05) is 5.32 Å². The van der Waals surface area contributed by atoms with Gasteiger partial charge in [-0.2, -0.15) is 5.10 Å². The van der Waals surface area contributed by atoms with E-state index in [0.717, 1.165) is 62.3 Å². The molecule has 36 heavy (non-hydrogen) atoms. The van der Waals surface area contributed by atoms with E-state index in [1.807, 2.05) is 30.5 Å². The van der Waals surface area contributed by atoms with E-state index in [2.05, 4.69) is 81.6 Å². The summed E-state index contributed by atoms with van der Waals surface area (Å²) in [6.07, 6.45) is 6.45. The molecule has 0 aliphatic carbocycles. The second-order valence-electron chi connectivity index (χ2n) is 9.29. The van der Waals surface area contributed by atoms with Crippen molar-refractivity contribution in [2.45, 2.75) is 33.2 Å². The molecule has 0 aliphatic heterocycles. The van der Waals surface area contributed by atoms with E-state index in [1.165, 1.54) is 5.56 Å². The predicted molar refractivity (Wildman–Crippen MR) is 146 cm³/mol. The summed E-state index contributed by atoms with van der Waals surface area (Å²) in [5, 5.41) is 12.1. The Hall–Kier alpha value is -4.52. The lowest BCUT2D eigenvalue weighted by atomic mass is 10.0. The molecule has 0 unspecified atom stereocenters. The molecule has 0 amide bonds. The Kier molecular flexibility index (Phi) is 5.45. The van der Waals surface area contributed by atoms with E-state index in [9.17, 15) is 0 Å². The maximum atomic E-state index is 4.97. The molecule has 0 saturated heterocycles. The van der Waals surface area contributed by atoms with Crippen molar-refractivity contribution in [3.05, 3.63) is 78.8 Å². The Morgan fingerprint density at radius 1 is 0.944 bits per heavy atom. The molecule has 0 atom stereocenters. The van der Waals surface area contributed by atoms with Gasteiger partial charge in [0.25, 0.3) is 0 Å². The van der Waals surface area contributed by atoms with Crippen LogP contribution in [0.25, 0.3) is 55.8 Å². The van der Waals surface area contributed by atoms with Gasteiger partial charge in [0.05, 0.1) is 16.4 Å². The van der Waals surface area contributed by atoms with Gasteiger partial charge in [-0.25, -0.2) is 9.97 Å². The summed E-state index contributed by atoms with van der Waals surface area (Å²) in [7, 11) is 0. The number of nitrogens with one attached hydrogen (secondary N) is 3. The van der Waals surface area contributed by atoms with Gasteiger partial charge in [-0.3, -0.25) is 10.1 Å². The first-order valence-corrected chi connectivity index (χ1v) is 12.2. The zero-order valence-corrected chi connectivity index (χ0v) is 20.5. The molecule has 7 nitrogen and oxygen atoms in total. The first-order valence-electron chi connectivity index (χ1n) is 12.2. The molecule has 7 heteroatoms. The lowest BCUT2D eigenvalue weighted by Crippen LogP contribution is -2.09. The Labute approximate surface area is 209 Å². The van der Waals surface area contributed by atoms with Crippen molar-refractivity contribution in [1.29, 1.82) is 0 Å². The van der Waals surface area contributed by atoms with Gasteiger partial charge < -0.3 is 10.3 Å². The summed E-state index contributed by atoms with van der Waals surface area (Å²) in [5.74, 6) is 0.734. The third-order valence-electron chi connectivity index (χ3n) is 6.34. The zero-order chi connectivity index (χ0) is 24.6. The summed E-state index contributed by atoms with van der Waals surface area (Å²) in [5.41, 5.74) is 10.1. The zero-order valence-electron chi connectivity index (χ0n) is 20.5. The SMILES string of the molecule is CCc1cc(NC(C)C)cc(-c2cnc3n[nH]c(-c4nc5c(-c6ccncc6)cccc5[nH]4)c3c2)c1. The highest BCUT2D eigenvalue weighted by atomic mass is 15.2. The second-order valence-corrected chi connectivity index (χ2v) is 9.29. The van der Waals surface area contributed by atoms with Gasteiger partial charge in [-0.15, -0.1) is 0 Å². The fraction of sp³-hybridized carbons (Fsp3) is 0.172. The minimum absolute atomic E-state index is 0.358. The van der Waals surface area contributed by atoms with Crippen molar-refractivity contribution < 1.29 is 0 Å². The van der Waals surface area contributed by atoms with Crippen LogP contribution in [0, 0.1) is 0 Å². The van der Waals surface area contributed by atoms with Gasteiger partial charge in [0.2, 0.25) is 0 Å². The van der Waals surface area contributed by atoms with Gasteiger partial charge in [-0.1, -0.05) is 25.1 Å². The van der Waals surface area contributed by atoms with Gasteiger partial charge in [0.15, 0.2) is 11.5 Å². The van der Waals surface area contributed by atoms with Crippen molar-refractivity contribution in [3.8, 4) is 33.8 Å². The fourth-order valence-electron chi connectivity index (χ4n) is 4.63. The number of aryl methyl sites for hydroxylation is 1. The van der Waals surface area contributed by atoms with E-state index >= 15 is 0 Å². The second kappa shape index (κ2) is 8.92. The molecule has 0 spiro atoms. The number of nitrogens with zero attached hydrogens (tertiary/aromatic N) is 4. The van der Waals surface area contributed by atoms with Crippen LogP contribution in [-0.2, 0) is 6.42 Å². The minimum Gasteiger partial charge on any atom is -0.383 e. The Bertz CT molecular complexity index is 1680. The van der Waals surface area contributed by atoms with E-state index in [0.29, 0.717) is 11.7 Å². The Morgan fingerprint density at radius 2 is 1.81 bits per heavy atom. The molecule has 178 valence electrons. The summed E-state index contributed by atoms with van der Waals surface area (Å²) in [6.45, 7) is 6.48. The van der Waals surface area contributed by atoms with Crippen LogP contribution in [0.2, 0.25) is 0 Å². The van der Waals surface area contributed by atoms with Gasteiger partial charge >= 0.3 is 0 Å². The van der Waals surface area contributed by atoms with Crippen LogP contribution in [0.4, 0.5) is 5.69 Å². The number of fused-ring (bicyclic) bond motifs is 2. The maximum absolute atomic E-state index is 4.97. The van der Waals surface area contributed by atoms with Crippen LogP contribution >= 0.6 is 0 Å². The smallest absolute Gasteiger partial charge is 0.181 e. The van der Waals surface area contributed by atoms with Gasteiger partial charge in [-0.05, 0) is 73.4 Å². The van der Waals surface area contributed by atoms with E-state index < -0.39 is 0 Å². The number of hydrogen-bond donors (Lipinski definition) is 3. The molecule has 4 heterocycles. The number of rotatable bonds is 6. The van der Waals surface area contributed by atoms with Crippen molar-refractivity contribution in [3.63, 3.8) is 0 Å². The molecular weight excluding hydrogens is 446 g/mol. The van der Waals surface area contributed by atoms with Crippen molar-refractivity contribution in [1.82, 2.24) is 30.1 Å². The molecule has 6 rings (SSSR count). The van der Waals surface area contributed by atoms with E-state index in [1.54, 1.807) is 12.4 Å². The average Bonchev–Trinajstić information content (AvgIpc) is 3.52. The van der Waals surface area contributed by atoms with Crippen LogP contribution in [0.5, 0.6) is 0 Å². The Morgan fingerprint density at radius 3 is 2.61 bits per heavy atom. The average molecular weight is 474 g/mol. The number of benzene rings is 2. The molecular formula is C29H27N7. The quantitative estimate of drug-likeness (QED) is 0.253. The largest absolute Gasteiger partial charge is 0.383 e. The lowest BCUT2D eigenvalue weighted by molar-refractivity contribution is 0.899. The third-order valence-corrected chi connectivity index (χ3v) is 6.34. The fourth-order valence-corrected chi connectivity index (χ4v) is 4.63. The van der Waals surface area contributed by atoms with Crippen LogP contribution < -0.4 is 5.32 Å². The van der Waals surface area contributed by atoms with E-state index in [-0.39, 0.29) is 0 Å². The molecule has 0 radical (unpaired) electrons. The summed E-state index contributed by atoms with van der Waals surface area (Å²) >= 11 is 0. The standard InChI is InChI=1S/C29H27N7/c1-4-18-12-20(14-22(13-18)32-17(2)3)21-15-24-27(35-36-28(24)31-16-21)29-33-25-7-5-6-23(26(25)34-29)19-8-10-30-11-9-19/h5-17,32H,4H2,1-3H3,(H,33,34)(H,31,35,36). The molecule has 0 aliphatic rings. The number of para-hydroxylation sites is 1. The van der Waals surface area contributed by atoms with E-state index in [4.69, 9.17) is 4.98 Å². The number of H-pyrrole nitrogens is 2. The Balaban J connectivity index is 1.46. The third kappa shape index (κ3) is 3.98. The molecule has 2 aromatic carbocycles. The number of hydrogen-bond acceptors (Lipinski definition) is 5. The number of anilines is 1. The highest BCUT2D eigenvalue weighted by Crippen LogP contribution is 2.33. The lowest BCUT2D eigenvalue weighted by Gasteiger charge is -2.13. The molecule has 4 aromatic heterocycles. The van der Waals surface area contributed by atoms with Crippen LogP contribution in [0.3, 0.4) is 0 Å². The number of pyridine rings is 2. The number of aromatic nitrogens is 6. The maximum Gasteiger partial charge on any atom is 0.181 e. The molecule has 0 fully saturated rings. The van der Waals surface area contributed by atoms with Crippen LogP contribution in [-0.4, -0.2) is 36.2 Å². The molecule has 0 bridgehead atoms.